The van der Waals surface area contributed by atoms with Crippen LogP contribution in [0.3, 0.4) is 0 Å². The quantitative estimate of drug-likeness (QED) is 0.161. The zero-order valence-electron chi connectivity index (χ0n) is 34.1. The van der Waals surface area contributed by atoms with E-state index in [-0.39, 0.29) is 0 Å². The molecule has 12 aromatic rings. The molecule has 0 bridgehead atoms. The molecule has 0 fully saturated rings. The van der Waals surface area contributed by atoms with Crippen LogP contribution in [0.1, 0.15) is 0 Å². The third-order valence-electron chi connectivity index (χ3n) is 12.2. The van der Waals surface area contributed by atoms with E-state index >= 15 is 0 Å². The van der Waals surface area contributed by atoms with Gasteiger partial charge in [-0.15, -0.1) is 11.3 Å². The average Bonchev–Trinajstić information content (AvgIpc) is 3.74. The molecule has 0 aliphatic heterocycles. The van der Waals surface area contributed by atoms with Gasteiger partial charge < -0.3 is 0 Å². The van der Waals surface area contributed by atoms with E-state index in [9.17, 15) is 0 Å². The van der Waals surface area contributed by atoms with Crippen LogP contribution in [0.5, 0.6) is 0 Å². The Morgan fingerprint density at radius 1 is 0.238 bits per heavy atom. The zero-order valence-corrected chi connectivity index (χ0v) is 34.9. The highest BCUT2D eigenvalue weighted by Crippen LogP contribution is 2.39. The van der Waals surface area contributed by atoms with Crippen molar-refractivity contribution in [2.75, 3.05) is 0 Å². The summed E-state index contributed by atoms with van der Waals surface area (Å²) in [5.74, 6) is 1.89. The Balaban J connectivity index is 0.952. The Morgan fingerprint density at radius 2 is 0.714 bits per heavy atom. The van der Waals surface area contributed by atoms with E-state index in [0.717, 1.165) is 38.6 Å². The van der Waals surface area contributed by atoms with Gasteiger partial charge >= 0.3 is 0 Å². The minimum absolute atomic E-state index is 0.626. The molecule has 4 heteroatoms. The Morgan fingerprint density at radius 3 is 1.49 bits per heavy atom. The van der Waals surface area contributed by atoms with Crippen molar-refractivity contribution in [2.45, 2.75) is 0 Å². The van der Waals surface area contributed by atoms with Crippen molar-refractivity contribution in [1.29, 1.82) is 0 Å². The van der Waals surface area contributed by atoms with Gasteiger partial charge in [0, 0.05) is 36.9 Å². The van der Waals surface area contributed by atoms with Crippen LogP contribution in [0.4, 0.5) is 0 Å². The van der Waals surface area contributed by atoms with Gasteiger partial charge in [0.1, 0.15) is 0 Å². The van der Waals surface area contributed by atoms with E-state index in [4.69, 9.17) is 15.0 Å². The first kappa shape index (κ1) is 36.8. The normalized spacial score (nSPS) is 11.5. The molecule has 12 rings (SSSR count). The van der Waals surface area contributed by atoms with Crippen LogP contribution in [0, 0.1) is 0 Å². The van der Waals surface area contributed by atoms with Gasteiger partial charge in [0.15, 0.2) is 17.5 Å². The second-order valence-corrected chi connectivity index (χ2v) is 17.0. The van der Waals surface area contributed by atoms with Crippen LogP contribution >= 0.6 is 11.3 Å². The number of hydrogen-bond donors (Lipinski definition) is 0. The van der Waals surface area contributed by atoms with Gasteiger partial charge in [-0.3, -0.25) is 0 Å². The Labute approximate surface area is 369 Å². The molecule has 3 nitrogen and oxygen atoms in total. The monoisotopic (exact) mass is 819 g/mol. The van der Waals surface area contributed by atoms with Gasteiger partial charge in [0.2, 0.25) is 0 Å². The van der Waals surface area contributed by atoms with Crippen LogP contribution in [0.15, 0.2) is 224 Å². The molecular weight excluding hydrogens is 783 g/mol. The Hall–Kier alpha value is -8.05. The molecule has 0 aliphatic rings. The highest BCUT2D eigenvalue weighted by Gasteiger charge is 2.17. The topological polar surface area (TPSA) is 38.7 Å². The fourth-order valence-electron chi connectivity index (χ4n) is 8.99. The van der Waals surface area contributed by atoms with Crippen LogP contribution in [-0.2, 0) is 0 Å². The lowest BCUT2D eigenvalue weighted by atomic mass is 9.91. The maximum Gasteiger partial charge on any atom is 0.164 e. The molecule has 2 heterocycles. The summed E-state index contributed by atoms with van der Waals surface area (Å²) in [7, 11) is 0. The second-order valence-electron chi connectivity index (χ2n) is 15.9. The molecule has 0 saturated carbocycles. The SMILES string of the molecule is c1ccc(-c2ccc3c(-c4nc(-c5ccc(-c6ccc7c(c6)sc6ccccc67)cc5)nc(-c5ccc(-c6ccccc6-c6cccc7ccccc67)cc5)n4)cccc3c2)cc1. The fourth-order valence-corrected chi connectivity index (χ4v) is 10.1. The summed E-state index contributed by atoms with van der Waals surface area (Å²) in [5.41, 5.74) is 12.2. The number of nitrogens with zero attached hydrogens (tertiary/aromatic N) is 3. The number of thiophene rings is 1. The smallest absolute Gasteiger partial charge is 0.164 e. The highest BCUT2D eigenvalue weighted by atomic mass is 32.1. The number of aromatic nitrogens is 3. The molecule has 0 radical (unpaired) electrons. The van der Waals surface area contributed by atoms with Crippen LogP contribution < -0.4 is 0 Å². The highest BCUT2D eigenvalue weighted by molar-refractivity contribution is 7.25. The van der Waals surface area contributed by atoms with Gasteiger partial charge in [0.05, 0.1) is 0 Å². The molecule has 0 atom stereocenters. The van der Waals surface area contributed by atoms with Gasteiger partial charge in [-0.2, -0.15) is 0 Å². The van der Waals surface area contributed by atoms with E-state index in [1.165, 1.54) is 64.3 Å². The van der Waals surface area contributed by atoms with Crippen molar-refractivity contribution < 1.29 is 0 Å². The molecule has 10 aromatic carbocycles. The Kier molecular flexibility index (Phi) is 9.02. The maximum atomic E-state index is 5.22. The second kappa shape index (κ2) is 15.4. The van der Waals surface area contributed by atoms with Crippen molar-refractivity contribution >= 4 is 53.1 Å². The predicted octanol–water partition coefficient (Wildman–Crippen LogP) is 16.2. The molecular formula is C59H37N3S. The summed E-state index contributed by atoms with van der Waals surface area (Å²) in [6, 6.07) is 80.0. The first-order valence-corrected chi connectivity index (χ1v) is 22.1. The van der Waals surface area contributed by atoms with E-state index in [1.807, 2.05) is 11.3 Å². The first-order valence-electron chi connectivity index (χ1n) is 21.2. The predicted molar refractivity (Wildman–Crippen MR) is 266 cm³/mol. The Bertz CT molecular complexity index is 3660. The lowest BCUT2D eigenvalue weighted by molar-refractivity contribution is 1.08. The molecule has 0 spiro atoms. The van der Waals surface area contributed by atoms with Crippen LogP contribution in [-0.4, -0.2) is 15.0 Å². The molecule has 0 saturated heterocycles. The molecule has 0 amide bonds. The molecule has 0 unspecified atom stereocenters. The van der Waals surface area contributed by atoms with Crippen molar-refractivity contribution in [3.63, 3.8) is 0 Å². The van der Waals surface area contributed by atoms with E-state index in [1.54, 1.807) is 0 Å². The molecule has 294 valence electrons. The van der Waals surface area contributed by atoms with Crippen molar-refractivity contribution in [3.05, 3.63) is 224 Å². The summed E-state index contributed by atoms with van der Waals surface area (Å²) in [5, 5.41) is 7.30. The minimum Gasteiger partial charge on any atom is -0.208 e. The number of hydrogen-bond acceptors (Lipinski definition) is 4. The zero-order chi connectivity index (χ0) is 41.7. The maximum absolute atomic E-state index is 5.22. The van der Waals surface area contributed by atoms with Gasteiger partial charge in [0.25, 0.3) is 0 Å². The lowest BCUT2D eigenvalue weighted by Crippen LogP contribution is -2.00. The third-order valence-corrected chi connectivity index (χ3v) is 13.3. The molecule has 63 heavy (non-hydrogen) atoms. The molecule has 2 aromatic heterocycles. The van der Waals surface area contributed by atoms with E-state index in [0.29, 0.717) is 17.5 Å². The third kappa shape index (κ3) is 6.74. The van der Waals surface area contributed by atoms with E-state index < -0.39 is 0 Å². The summed E-state index contributed by atoms with van der Waals surface area (Å²) < 4.78 is 2.60. The van der Waals surface area contributed by atoms with E-state index in [2.05, 4.69) is 224 Å². The summed E-state index contributed by atoms with van der Waals surface area (Å²) in [4.78, 5) is 15.6. The largest absolute Gasteiger partial charge is 0.208 e. The average molecular weight is 820 g/mol. The van der Waals surface area contributed by atoms with Gasteiger partial charge in [-0.05, 0) is 84.3 Å². The number of fused-ring (bicyclic) bond motifs is 5. The van der Waals surface area contributed by atoms with Crippen molar-refractivity contribution in [1.82, 2.24) is 15.0 Å². The standard InChI is InChI=1S/C59H37N3S/c1-2-12-38(13-3-1)44-32-34-49-46(36-44)16-11-22-54(49)59-61-57(42-28-24-39(25-29-42)45-33-35-53-52-20-8-9-23-55(52)63-56(53)37-45)60-58(62-59)43-30-26-41(27-31-43)48-18-6-7-19-50(48)51-21-10-15-40-14-4-5-17-47(40)51/h1-37H. The minimum atomic E-state index is 0.626. The fraction of sp³-hybridized carbons (Fsp3) is 0. The van der Waals surface area contributed by atoms with Crippen molar-refractivity contribution in [3.8, 4) is 78.7 Å². The van der Waals surface area contributed by atoms with Gasteiger partial charge in [-0.1, -0.05) is 206 Å². The van der Waals surface area contributed by atoms with Crippen molar-refractivity contribution in [2.24, 2.45) is 0 Å². The number of rotatable bonds is 7. The molecule has 0 aliphatic carbocycles. The number of benzene rings is 10. The van der Waals surface area contributed by atoms with Crippen LogP contribution in [0.25, 0.3) is 120 Å². The molecule has 0 N–H and O–H groups in total. The summed E-state index contributed by atoms with van der Waals surface area (Å²) in [6.07, 6.45) is 0. The van der Waals surface area contributed by atoms with Gasteiger partial charge in [-0.25, -0.2) is 15.0 Å². The first-order chi connectivity index (χ1) is 31.2. The lowest BCUT2D eigenvalue weighted by Gasteiger charge is -2.14. The van der Waals surface area contributed by atoms with Crippen LogP contribution in [0.2, 0.25) is 0 Å². The summed E-state index contributed by atoms with van der Waals surface area (Å²) in [6.45, 7) is 0. The summed E-state index contributed by atoms with van der Waals surface area (Å²) >= 11 is 1.84.